The van der Waals surface area contributed by atoms with E-state index in [1.807, 2.05) is 24.5 Å². The molecule has 3 N–H and O–H groups in total. The van der Waals surface area contributed by atoms with Gasteiger partial charge in [-0.15, -0.1) is 0 Å². The molecule has 1 aliphatic heterocycles. The van der Waals surface area contributed by atoms with Gasteiger partial charge in [0.1, 0.15) is 0 Å². The third-order valence-corrected chi connectivity index (χ3v) is 4.77. The van der Waals surface area contributed by atoms with Gasteiger partial charge < -0.3 is 25.0 Å². The van der Waals surface area contributed by atoms with Gasteiger partial charge in [-0.3, -0.25) is 0 Å². The Bertz CT molecular complexity index is 796. The fourth-order valence-corrected chi connectivity index (χ4v) is 3.56. The van der Waals surface area contributed by atoms with Gasteiger partial charge in [0.15, 0.2) is 17.0 Å². The zero-order valence-electron chi connectivity index (χ0n) is 14.5. The Kier molecular flexibility index (Phi) is 4.09. The maximum absolute atomic E-state index is 9.34. The van der Waals surface area contributed by atoms with Crippen LogP contribution in [0.4, 0.5) is 11.8 Å². The predicted octanol–water partition coefficient (Wildman–Crippen LogP) is 1.13. The van der Waals surface area contributed by atoms with Crippen molar-refractivity contribution in [3.8, 4) is 0 Å². The molecule has 1 saturated heterocycles. The van der Waals surface area contributed by atoms with Crippen LogP contribution in [0.15, 0.2) is 18.5 Å². The summed E-state index contributed by atoms with van der Waals surface area (Å²) in [5, 5.41) is 9.34. The molecular formula is C17H24N6O2. The van der Waals surface area contributed by atoms with Crippen LogP contribution < -0.4 is 10.6 Å². The molecular weight excluding hydrogens is 320 g/mol. The number of nitrogen functional groups attached to an aromatic ring is 1. The van der Waals surface area contributed by atoms with Gasteiger partial charge in [0.2, 0.25) is 5.95 Å². The number of hydrogen-bond donors (Lipinski definition) is 2. The number of nitrogens with zero attached hydrogens (tertiary/aromatic N) is 5. The molecule has 134 valence electrons. The molecule has 2 atom stereocenters. The second-order valence-electron chi connectivity index (χ2n) is 7.07. The Morgan fingerprint density at radius 3 is 2.80 bits per heavy atom. The lowest BCUT2D eigenvalue weighted by molar-refractivity contribution is -0.00736. The fraction of sp³-hybridized carbons (Fsp3) is 0.588. The van der Waals surface area contributed by atoms with Gasteiger partial charge in [-0.2, -0.15) is 9.97 Å². The average molecular weight is 344 g/mol. The summed E-state index contributed by atoms with van der Waals surface area (Å²) in [7, 11) is 0. The highest BCUT2D eigenvalue weighted by atomic mass is 16.5. The zero-order chi connectivity index (χ0) is 17.6. The van der Waals surface area contributed by atoms with E-state index in [0.29, 0.717) is 0 Å². The van der Waals surface area contributed by atoms with Gasteiger partial charge in [-0.25, -0.2) is 4.98 Å². The van der Waals surface area contributed by atoms with E-state index in [1.54, 1.807) is 6.33 Å². The molecule has 25 heavy (non-hydrogen) atoms. The number of rotatable bonds is 5. The van der Waals surface area contributed by atoms with Crippen LogP contribution >= 0.6 is 0 Å². The number of anilines is 2. The number of allylic oxidation sites excluding steroid dienone is 1. The van der Waals surface area contributed by atoms with Gasteiger partial charge in [0.25, 0.3) is 0 Å². The van der Waals surface area contributed by atoms with E-state index < -0.39 is 0 Å². The number of imidazole rings is 1. The molecule has 1 aliphatic carbocycles. The largest absolute Gasteiger partial charge is 0.396 e. The molecule has 0 spiro atoms. The number of aliphatic hydroxyl groups is 1. The quantitative estimate of drug-likeness (QED) is 0.784. The molecule has 8 nitrogen and oxygen atoms in total. The van der Waals surface area contributed by atoms with Crippen molar-refractivity contribution in [1.82, 2.24) is 19.5 Å². The van der Waals surface area contributed by atoms with Crippen molar-refractivity contribution in [3.05, 3.63) is 18.5 Å². The molecule has 0 radical (unpaired) electrons. The van der Waals surface area contributed by atoms with E-state index in [-0.39, 0.29) is 36.7 Å². The number of fused-ring (bicyclic) bond motifs is 1. The van der Waals surface area contributed by atoms with Crippen molar-refractivity contribution in [2.24, 2.45) is 5.92 Å². The van der Waals surface area contributed by atoms with Crippen LogP contribution in [0.5, 0.6) is 0 Å². The summed E-state index contributed by atoms with van der Waals surface area (Å²) in [6.07, 6.45) is 7.21. The van der Waals surface area contributed by atoms with Crippen LogP contribution in [0, 0.1) is 5.92 Å². The lowest BCUT2D eigenvalue weighted by atomic mass is 10.1. The van der Waals surface area contributed by atoms with Crippen molar-refractivity contribution in [2.75, 3.05) is 30.3 Å². The van der Waals surface area contributed by atoms with E-state index in [2.05, 4.69) is 25.9 Å². The second-order valence-corrected chi connectivity index (χ2v) is 7.07. The van der Waals surface area contributed by atoms with Gasteiger partial charge in [0.05, 0.1) is 24.6 Å². The van der Waals surface area contributed by atoms with Crippen molar-refractivity contribution in [2.45, 2.75) is 38.5 Å². The number of ether oxygens (including phenoxy) is 1. The zero-order valence-corrected chi connectivity index (χ0v) is 14.5. The van der Waals surface area contributed by atoms with Crippen LogP contribution in [0.2, 0.25) is 0 Å². The van der Waals surface area contributed by atoms with Gasteiger partial charge >= 0.3 is 0 Å². The Balaban J connectivity index is 1.61. The first-order valence-corrected chi connectivity index (χ1v) is 8.74. The summed E-state index contributed by atoms with van der Waals surface area (Å²) in [5.41, 5.74) is 7.46. The normalized spacial score (nSPS) is 23.8. The van der Waals surface area contributed by atoms with Crippen molar-refractivity contribution in [3.63, 3.8) is 0 Å². The van der Waals surface area contributed by atoms with Crippen LogP contribution in [-0.2, 0) is 4.74 Å². The van der Waals surface area contributed by atoms with Crippen molar-refractivity contribution >= 4 is 22.9 Å². The van der Waals surface area contributed by atoms with E-state index >= 15 is 0 Å². The topological polar surface area (TPSA) is 102 Å². The maximum atomic E-state index is 9.34. The number of nitrogens with two attached hydrogens (primary N) is 1. The van der Waals surface area contributed by atoms with Gasteiger partial charge in [-0.1, -0.05) is 12.2 Å². The number of hydrogen-bond acceptors (Lipinski definition) is 7. The molecule has 2 aliphatic rings. The smallest absolute Gasteiger partial charge is 0.224 e. The Morgan fingerprint density at radius 2 is 2.12 bits per heavy atom. The minimum absolute atomic E-state index is 0.137. The maximum Gasteiger partial charge on any atom is 0.224 e. The fourth-order valence-electron chi connectivity index (χ4n) is 3.56. The summed E-state index contributed by atoms with van der Waals surface area (Å²) in [4.78, 5) is 15.5. The van der Waals surface area contributed by atoms with Crippen LogP contribution in [0.3, 0.4) is 0 Å². The summed E-state index contributed by atoms with van der Waals surface area (Å²) >= 11 is 0. The molecule has 0 saturated carbocycles. The highest BCUT2D eigenvalue weighted by molar-refractivity contribution is 5.85. The van der Waals surface area contributed by atoms with Gasteiger partial charge in [0, 0.05) is 25.6 Å². The van der Waals surface area contributed by atoms with E-state index in [1.165, 1.54) is 0 Å². The van der Waals surface area contributed by atoms with E-state index in [4.69, 9.17) is 10.5 Å². The standard InChI is InChI=1S/C17H24N6O2/c1-10(2)25-13-6-22(7-13)15-14-16(21-17(18)20-15)23(9-19-14)12-4-3-11(5-12)8-24/h3-4,9-13,24H,5-8H2,1-2H3,(H2,18,20,21)/t11-,12+/m1/s1. The lowest BCUT2D eigenvalue weighted by Crippen LogP contribution is -2.53. The first-order chi connectivity index (χ1) is 12.0. The average Bonchev–Trinajstić information content (AvgIpc) is 3.15. The molecule has 3 heterocycles. The molecule has 2 aromatic heterocycles. The SMILES string of the molecule is CC(C)OC1CN(c2nc(N)nc3c2ncn3[C@H]2C=C[C@@H](CO)C2)C1. The van der Waals surface area contributed by atoms with E-state index in [9.17, 15) is 5.11 Å². The van der Waals surface area contributed by atoms with Crippen LogP contribution in [-0.4, -0.2) is 56.5 Å². The molecule has 8 heteroatoms. The van der Waals surface area contributed by atoms with Crippen LogP contribution in [0.25, 0.3) is 11.2 Å². The second kappa shape index (κ2) is 6.27. The highest BCUT2D eigenvalue weighted by Crippen LogP contribution is 2.33. The predicted molar refractivity (Wildman–Crippen MR) is 95.3 cm³/mol. The third-order valence-electron chi connectivity index (χ3n) is 4.77. The van der Waals surface area contributed by atoms with Crippen molar-refractivity contribution in [1.29, 1.82) is 0 Å². The monoisotopic (exact) mass is 344 g/mol. The van der Waals surface area contributed by atoms with Gasteiger partial charge in [-0.05, 0) is 20.3 Å². The minimum Gasteiger partial charge on any atom is -0.396 e. The number of aromatic nitrogens is 4. The highest BCUT2D eigenvalue weighted by Gasteiger charge is 2.32. The molecule has 2 aromatic rings. The van der Waals surface area contributed by atoms with Crippen LogP contribution in [0.1, 0.15) is 26.3 Å². The first-order valence-electron chi connectivity index (χ1n) is 8.74. The summed E-state index contributed by atoms with van der Waals surface area (Å²) in [6, 6.07) is 0.137. The Labute approximate surface area is 146 Å². The summed E-state index contributed by atoms with van der Waals surface area (Å²) in [5.74, 6) is 1.20. The summed E-state index contributed by atoms with van der Waals surface area (Å²) in [6.45, 7) is 5.81. The molecule has 1 fully saturated rings. The molecule has 0 aromatic carbocycles. The Hall–Kier alpha value is -2.19. The molecule has 0 bridgehead atoms. The Morgan fingerprint density at radius 1 is 1.32 bits per heavy atom. The van der Waals surface area contributed by atoms with Crippen molar-refractivity contribution < 1.29 is 9.84 Å². The minimum atomic E-state index is 0.137. The third kappa shape index (κ3) is 2.96. The first kappa shape index (κ1) is 16.3. The molecule has 0 amide bonds. The number of aliphatic hydroxyl groups excluding tert-OH is 1. The molecule has 0 unspecified atom stereocenters. The lowest BCUT2D eigenvalue weighted by Gasteiger charge is -2.40. The molecule has 4 rings (SSSR count). The van der Waals surface area contributed by atoms with E-state index in [0.717, 1.165) is 36.5 Å². The summed E-state index contributed by atoms with van der Waals surface area (Å²) < 4.78 is 7.83.